The molecule has 1 amide bonds. The van der Waals surface area contributed by atoms with E-state index in [0.29, 0.717) is 18.0 Å². The van der Waals surface area contributed by atoms with Gasteiger partial charge in [-0.15, -0.1) is 0 Å². The van der Waals surface area contributed by atoms with Crippen LogP contribution in [0.4, 0.5) is 0 Å². The third-order valence-corrected chi connectivity index (χ3v) is 4.43. The molecule has 1 aromatic rings. The molecule has 0 aromatic heterocycles. The van der Waals surface area contributed by atoms with Crippen LogP contribution in [-0.2, 0) is 4.79 Å². The third-order valence-electron chi connectivity index (χ3n) is 2.99. The maximum Gasteiger partial charge on any atom is 0.303 e. The Hall–Kier alpha value is -0.630. The maximum atomic E-state index is 12.2. The predicted octanol–water partition coefficient (Wildman–Crippen LogP) is 3.92. The Labute approximate surface area is 147 Å². The Bertz CT molecular complexity index is 520. The highest BCUT2D eigenvalue weighted by Gasteiger charge is 2.17. The maximum absolute atomic E-state index is 12.2. The van der Waals surface area contributed by atoms with Crippen LogP contribution in [0.3, 0.4) is 0 Å². The van der Waals surface area contributed by atoms with E-state index in [1.807, 2.05) is 26.0 Å². The normalized spacial score (nSPS) is 12.2. The van der Waals surface area contributed by atoms with Crippen molar-refractivity contribution in [3.8, 4) is 0 Å². The predicted molar refractivity (Wildman–Crippen MR) is 94.4 cm³/mol. The summed E-state index contributed by atoms with van der Waals surface area (Å²) in [5, 5.41) is 11.8. The molecule has 1 atom stereocenters. The zero-order valence-electron chi connectivity index (χ0n) is 12.0. The van der Waals surface area contributed by atoms with Crippen molar-refractivity contribution in [2.45, 2.75) is 26.7 Å². The summed E-state index contributed by atoms with van der Waals surface area (Å²) in [5.41, 5.74) is 0.601. The molecule has 0 radical (unpaired) electrons. The topological polar surface area (TPSA) is 66.4 Å². The van der Waals surface area contributed by atoms with Crippen molar-refractivity contribution in [2.75, 3.05) is 6.54 Å². The van der Waals surface area contributed by atoms with Crippen LogP contribution in [0.1, 0.15) is 37.0 Å². The molecule has 0 aliphatic heterocycles. The van der Waals surface area contributed by atoms with Crippen LogP contribution < -0.4 is 5.32 Å². The Balaban J connectivity index is 2.68. The molecule has 0 unspecified atom stereocenters. The molecule has 0 heterocycles. The summed E-state index contributed by atoms with van der Waals surface area (Å²) in [5.74, 6) is -0.639. The van der Waals surface area contributed by atoms with Crippen molar-refractivity contribution in [3.05, 3.63) is 31.8 Å². The molecule has 21 heavy (non-hydrogen) atoms. The highest BCUT2D eigenvalue weighted by molar-refractivity contribution is 14.1. The SMILES string of the molecule is CC(C)C[C@H](CNC(=O)c1cc(Br)ccc1I)CC(=O)O. The zero-order valence-corrected chi connectivity index (χ0v) is 15.8. The van der Waals surface area contributed by atoms with Gasteiger partial charge in [-0.25, -0.2) is 0 Å². The molecule has 4 nitrogen and oxygen atoms in total. The minimum atomic E-state index is -0.827. The highest BCUT2D eigenvalue weighted by atomic mass is 127. The number of carboxylic acids is 1. The first-order valence-corrected chi connectivity index (χ1v) is 8.61. The van der Waals surface area contributed by atoms with Crippen molar-refractivity contribution >= 4 is 50.4 Å². The molecule has 0 aliphatic carbocycles. The van der Waals surface area contributed by atoms with Gasteiger partial charge in [0.2, 0.25) is 0 Å². The third kappa shape index (κ3) is 6.78. The second-order valence-electron chi connectivity index (χ2n) is 5.43. The van der Waals surface area contributed by atoms with Crippen LogP contribution in [0, 0.1) is 15.4 Å². The Morgan fingerprint density at radius 3 is 2.62 bits per heavy atom. The summed E-state index contributed by atoms with van der Waals surface area (Å²) in [6.07, 6.45) is 0.857. The number of carbonyl (C=O) groups is 2. The van der Waals surface area contributed by atoms with Gasteiger partial charge < -0.3 is 10.4 Å². The lowest BCUT2D eigenvalue weighted by Crippen LogP contribution is -2.31. The molecule has 1 aromatic carbocycles. The van der Waals surface area contributed by atoms with Crippen LogP contribution in [-0.4, -0.2) is 23.5 Å². The molecule has 0 spiro atoms. The summed E-state index contributed by atoms with van der Waals surface area (Å²) in [6, 6.07) is 5.51. The smallest absolute Gasteiger partial charge is 0.303 e. The van der Waals surface area contributed by atoms with Gasteiger partial charge in [-0.05, 0) is 59.0 Å². The second kappa shape index (κ2) is 8.73. The van der Waals surface area contributed by atoms with Gasteiger partial charge >= 0.3 is 5.97 Å². The lowest BCUT2D eigenvalue weighted by molar-refractivity contribution is -0.138. The molecule has 1 rings (SSSR count). The fraction of sp³-hybridized carbons (Fsp3) is 0.467. The standard InChI is InChI=1S/C15H19BrINO3/c1-9(2)5-10(6-14(19)20)8-18-15(21)12-7-11(16)3-4-13(12)17/h3-4,7,9-10H,5-6,8H2,1-2H3,(H,18,21)(H,19,20)/t10-/m0/s1. The summed E-state index contributed by atoms with van der Waals surface area (Å²) >= 11 is 5.46. The summed E-state index contributed by atoms with van der Waals surface area (Å²) in [6.45, 7) is 4.48. The fourth-order valence-corrected chi connectivity index (χ4v) is 3.10. The van der Waals surface area contributed by atoms with Crippen LogP contribution in [0.2, 0.25) is 0 Å². The largest absolute Gasteiger partial charge is 0.481 e. The van der Waals surface area contributed by atoms with E-state index in [9.17, 15) is 9.59 Å². The minimum Gasteiger partial charge on any atom is -0.481 e. The van der Waals surface area contributed by atoms with Crippen molar-refractivity contribution < 1.29 is 14.7 Å². The number of amides is 1. The number of rotatable bonds is 7. The molecule has 0 aliphatic rings. The van der Waals surface area contributed by atoms with Gasteiger partial charge in [-0.2, -0.15) is 0 Å². The van der Waals surface area contributed by atoms with E-state index in [4.69, 9.17) is 5.11 Å². The Morgan fingerprint density at radius 1 is 1.38 bits per heavy atom. The number of hydrogen-bond acceptors (Lipinski definition) is 2. The number of halogens is 2. The van der Waals surface area contributed by atoms with Crippen molar-refractivity contribution in [3.63, 3.8) is 0 Å². The zero-order chi connectivity index (χ0) is 16.0. The van der Waals surface area contributed by atoms with Gasteiger partial charge in [0.05, 0.1) is 5.56 Å². The monoisotopic (exact) mass is 467 g/mol. The Morgan fingerprint density at radius 2 is 2.05 bits per heavy atom. The van der Waals surface area contributed by atoms with Crippen molar-refractivity contribution in [2.24, 2.45) is 11.8 Å². The van der Waals surface area contributed by atoms with Crippen molar-refractivity contribution in [1.29, 1.82) is 0 Å². The van der Waals surface area contributed by atoms with Crippen molar-refractivity contribution in [1.82, 2.24) is 5.32 Å². The fourth-order valence-electron chi connectivity index (χ4n) is 2.16. The first-order valence-electron chi connectivity index (χ1n) is 6.74. The van der Waals surface area contributed by atoms with E-state index < -0.39 is 5.97 Å². The van der Waals surface area contributed by atoms with Gasteiger partial charge in [-0.3, -0.25) is 9.59 Å². The summed E-state index contributed by atoms with van der Waals surface area (Å²) in [4.78, 5) is 23.1. The van der Waals surface area contributed by atoms with E-state index in [-0.39, 0.29) is 18.2 Å². The van der Waals surface area contributed by atoms with Crippen LogP contribution in [0.15, 0.2) is 22.7 Å². The molecule has 0 saturated heterocycles. The molecule has 0 saturated carbocycles. The first kappa shape index (κ1) is 18.4. The average Bonchev–Trinajstić information content (AvgIpc) is 2.37. The molecular weight excluding hydrogens is 449 g/mol. The van der Waals surface area contributed by atoms with Gasteiger partial charge in [0.1, 0.15) is 0 Å². The molecular formula is C15H19BrINO3. The number of hydrogen-bond donors (Lipinski definition) is 2. The molecule has 0 bridgehead atoms. The minimum absolute atomic E-state index is 0.0451. The summed E-state index contributed by atoms with van der Waals surface area (Å²) in [7, 11) is 0. The average molecular weight is 468 g/mol. The van der Waals surface area contributed by atoms with Crippen LogP contribution >= 0.6 is 38.5 Å². The molecule has 2 N–H and O–H groups in total. The van der Waals surface area contributed by atoms with E-state index >= 15 is 0 Å². The highest BCUT2D eigenvalue weighted by Crippen LogP contribution is 2.19. The molecule has 6 heteroatoms. The summed E-state index contributed by atoms with van der Waals surface area (Å²) < 4.78 is 1.71. The first-order chi connectivity index (χ1) is 9.79. The van der Waals surface area contributed by atoms with Crippen LogP contribution in [0.5, 0.6) is 0 Å². The van der Waals surface area contributed by atoms with Gasteiger partial charge in [0.15, 0.2) is 0 Å². The second-order valence-corrected chi connectivity index (χ2v) is 7.51. The number of benzene rings is 1. The van der Waals surface area contributed by atoms with E-state index in [0.717, 1.165) is 14.5 Å². The number of carbonyl (C=O) groups excluding carboxylic acids is 1. The molecule has 0 fully saturated rings. The van der Waals surface area contributed by atoms with E-state index in [1.54, 1.807) is 6.07 Å². The van der Waals surface area contributed by atoms with E-state index in [1.165, 1.54) is 0 Å². The number of carboxylic acid groups (broad SMARTS) is 1. The Kier molecular flexibility index (Phi) is 7.65. The number of aliphatic carboxylic acids is 1. The van der Waals surface area contributed by atoms with E-state index in [2.05, 4.69) is 43.8 Å². The number of nitrogens with one attached hydrogen (secondary N) is 1. The van der Waals surface area contributed by atoms with Gasteiger partial charge in [-0.1, -0.05) is 29.8 Å². The van der Waals surface area contributed by atoms with Gasteiger partial charge in [0, 0.05) is 21.0 Å². The lowest BCUT2D eigenvalue weighted by Gasteiger charge is -2.18. The quantitative estimate of drug-likeness (QED) is 0.597. The van der Waals surface area contributed by atoms with Crippen LogP contribution in [0.25, 0.3) is 0 Å². The molecule has 116 valence electrons. The lowest BCUT2D eigenvalue weighted by atomic mass is 9.94. The van der Waals surface area contributed by atoms with Gasteiger partial charge in [0.25, 0.3) is 5.91 Å².